The molecule has 2 amide bonds. The number of nitrogens with zero attached hydrogens (tertiary/aromatic N) is 1. The van der Waals surface area contributed by atoms with Gasteiger partial charge in [-0.1, -0.05) is 19.3 Å². The Balaban J connectivity index is 1.73. The van der Waals surface area contributed by atoms with Crippen molar-refractivity contribution in [2.45, 2.75) is 44.7 Å². The van der Waals surface area contributed by atoms with Crippen molar-refractivity contribution in [1.82, 2.24) is 10.2 Å². The van der Waals surface area contributed by atoms with E-state index in [1.165, 1.54) is 19.3 Å². The number of carbonyl (C=O) groups excluding carboxylic acids is 2. The van der Waals surface area contributed by atoms with E-state index in [0.29, 0.717) is 12.5 Å². The molecule has 1 aromatic heterocycles. The quantitative estimate of drug-likeness (QED) is 0.888. The van der Waals surface area contributed by atoms with Gasteiger partial charge in [-0.25, -0.2) is 0 Å². The number of hydrogen-bond acceptors (Lipinski definition) is 3. The Morgan fingerprint density at radius 2 is 2.05 bits per heavy atom. The molecule has 2 aliphatic rings. The Hall–Kier alpha value is -0.880. The minimum absolute atomic E-state index is 0.0298. The molecular weight excluding hydrogens is 352 g/mol. The van der Waals surface area contributed by atoms with E-state index in [1.54, 1.807) is 16.2 Å². The van der Waals surface area contributed by atoms with Gasteiger partial charge in [0.25, 0.3) is 0 Å². The van der Waals surface area contributed by atoms with E-state index in [0.717, 1.165) is 22.2 Å². The van der Waals surface area contributed by atoms with Gasteiger partial charge in [0.1, 0.15) is 6.04 Å². The first kappa shape index (κ1) is 15.0. The molecule has 1 aromatic rings. The molecule has 3 rings (SSSR count). The SMILES string of the molecule is O=C1CN(Cc2sccc2Br)C(=O)C(C2CCCCC2)N1. The number of halogens is 1. The van der Waals surface area contributed by atoms with Crippen LogP contribution in [-0.2, 0) is 16.1 Å². The molecule has 0 bridgehead atoms. The van der Waals surface area contributed by atoms with Gasteiger partial charge in [-0.3, -0.25) is 9.59 Å². The van der Waals surface area contributed by atoms with Gasteiger partial charge in [0.15, 0.2) is 0 Å². The summed E-state index contributed by atoms with van der Waals surface area (Å²) in [6.45, 7) is 0.695. The lowest BCUT2D eigenvalue weighted by atomic mass is 9.82. The smallest absolute Gasteiger partial charge is 0.246 e. The van der Waals surface area contributed by atoms with Gasteiger partial charge in [0.2, 0.25) is 11.8 Å². The van der Waals surface area contributed by atoms with Crippen molar-refractivity contribution in [3.8, 4) is 0 Å². The van der Waals surface area contributed by atoms with Crippen molar-refractivity contribution < 1.29 is 9.59 Å². The number of thiophene rings is 1. The van der Waals surface area contributed by atoms with Gasteiger partial charge in [-0.2, -0.15) is 0 Å². The second-order valence-electron chi connectivity index (χ2n) is 5.83. The van der Waals surface area contributed by atoms with Crippen LogP contribution in [0.4, 0.5) is 0 Å². The van der Waals surface area contributed by atoms with Crippen LogP contribution in [0, 0.1) is 5.92 Å². The summed E-state index contributed by atoms with van der Waals surface area (Å²) in [5, 5.41) is 4.91. The molecule has 114 valence electrons. The maximum Gasteiger partial charge on any atom is 0.246 e. The lowest BCUT2D eigenvalue weighted by Gasteiger charge is -2.37. The Morgan fingerprint density at radius 3 is 2.71 bits per heavy atom. The van der Waals surface area contributed by atoms with Gasteiger partial charge in [0, 0.05) is 9.35 Å². The third kappa shape index (κ3) is 3.31. The summed E-state index contributed by atoms with van der Waals surface area (Å²) in [6, 6.07) is 1.66. The molecule has 1 N–H and O–H groups in total. The monoisotopic (exact) mass is 370 g/mol. The Labute approximate surface area is 137 Å². The lowest BCUT2D eigenvalue weighted by Crippen LogP contribution is -2.60. The zero-order valence-electron chi connectivity index (χ0n) is 11.8. The molecule has 2 fully saturated rings. The third-order valence-electron chi connectivity index (χ3n) is 4.38. The molecule has 0 aromatic carbocycles. The van der Waals surface area contributed by atoms with Crippen molar-refractivity contribution in [2.24, 2.45) is 5.92 Å². The Morgan fingerprint density at radius 1 is 1.29 bits per heavy atom. The maximum atomic E-state index is 12.7. The number of rotatable bonds is 3. The van der Waals surface area contributed by atoms with Crippen molar-refractivity contribution in [3.05, 3.63) is 20.8 Å². The average Bonchev–Trinajstić information content (AvgIpc) is 2.89. The fourth-order valence-electron chi connectivity index (χ4n) is 3.26. The largest absolute Gasteiger partial charge is 0.342 e. The zero-order valence-corrected chi connectivity index (χ0v) is 14.2. The Kier molecular flexibility index (Phi) is 4.64. The second-order valence-corrected chi connectivity index (χ2v) is 7.68. The summed E-state index contributed by atoms with van der Waals surface area (Å²) in [5.74, 6) is 0.365. The van der Waals surface area contributed by atoms with Gasteiger partial charge in [0.05, 0.1) is 13.1 Å². The molecular formula is C15H19BrN2O2S. The molecule has 0 radical (unpaired) electrons. The number of piperazine rings is 1. The number of nitrogens with one attached hydrogen (secondary N) is 1. The van der Waals surface area contributed by atoms with Crippen molar-refractivity contribution in [1.29, 1.82) is 0 Å². The van der Waals surface area contributed by atoms with Gasteiger partial charge in [-0.05, 0) is 46.1 Å². The topological polar surface area (TPSA) is 49.4 Å². The van der Waals surface area contributed by atoms with Gasteiger partial charge in [-0.15, -0.1) is 11.3 Å². The zero-order chi connectivity index (χ0) is 14.8. The lowest BCUT2D eigenvalue weighted by molar-refractivity contribution is -0.146. The van der Waals surface area contributed by atoms with Crippen LogP contribution < -0.4 is 5.32 Å². The van der Waals surface area contributed by atoms with Gasteiger partial charge < -0.3 is 10.2 Å². The van der Waals surface area contributed by atoms with Crippen LogP contribution in [-0.4, -0.2) is 29.3 Å². The summed E-state index contributed by atoms with van der Waals surface area (Å²) in [4.78, 5) is 27.5. The van der Waals surface area contributed by atoms with E-state index in [1.807, 2.05) is 11.4 Å². The molecule has 1 saturated carbocycles. The predicted molar refractivity (Wildman–Crippen MR) is 85.9 cm³/mol. The number of amides is 2. The summed E-state index contributed by atoms with van der Waals surface area (Å²) in [6.07, 6.45) is 5.68. The van der Waals surface area contributed by atoms with Crippen LogP contribution >= 0.6 is 27.3 Å². The van der Waals surface area contributed by atoms with E-state index in [9.17, 15) is 9.59 Å². The number of carbonyl (C=O) groups is 2. The second kappa shape index (κ2) is 6.48. The van der Waals surface area contributed by atoms with E-state index in [-0.39, 0.29) is 24.4 Å². The van der Waals surface area contributed by atoms with Crippen LogP contribution in [0.3, 0.4) is 0 Å². The molecule has 1 unspecified atom stereocenters. The molecule has 2 heterocycles. The van der Waals surface area contributed by atoms with E-state index in [2.05, 4.69) is 21.2 Å². The average molecular weight is 371 g/mol. The highest BCUT2D eigenvalue weighted by Gasteiger charge is 2.38. The van der Waals surface area contributed by atoms with E-state index >= 15 is 0 Å². The fraction of sp³-hybridized carbons (Fsp3) is 0.600. The van der Waals surface area contributed by atoms with Crippen LogP contribution in [0.25, 0.3) is 0 Å². The molecule has 1 aliphatic carbocycles. The normalized spacial score (nSPS) is 24.2. The molecule has 1 saturated heterocycles. The van der Waals surface area contributed by atoms with Crippen LogP contribution in [0.5, 0.6) is 0 Å². The highest BCUT2D eigenvalue weighted by atomic mass is 79.9. The van der Waals surface area contributed by atoms with Crippen molar-refractivity contribution >= 4 is 39.1 Å². The highest BCUT2D eigenvalue weighted by molar-refractivity contribution is 9.10. The molecule has 4 nitrogen and oxygen atoms in total. The minimum atomic E-state index is -0.315. The number of hydrogen-bond donors (Lipinski definition) is 1. The highest BCUT2D eigenvalue weighted by Crippen LogP contribution is 2.30. The molecule has 6 heteroatoms. The van der Waals surface area contributed by atoms with Crippen molar-refractivity contribution in [3.63, 3.8) is 0 Å². The van der Waals surface area contributed by atoms with Crippen LogP contribution in [0.1, 0.15) is 37.0 Å². The maximum absolute atomic E-state index is 12.7. The van der Waals surface area contributed by atoms with Gasteiger partial charge >= 0.3 is 0 Å². The van der Waals surface area contributed by atoms with E-state index in [4.69, 9.17) is 0 Å². The molecule has 1 aliphatic heterocycles. The fourth-order valence-corrected chi connectivity index (χ4v) is 4.75. The molecule has 0 spiro atoms. The summed E-state index contributed by atoms with van der Waals surface area (Å²) < 4.78 is 1.01. The predicted octanol–water partition coefficient (Wildman–Crippen LogP) is 2.92. The molecule has 21 heavy (non-hydrogen) atoms. The summed E-state index contributed by atoms with van der Waals surface area (Å²) in [7, 11) is 0. The van der Waals surface area contributed by atoms with Crippen LogP contribution in [0.2, 0.25) is 0 Å². The first-order chi connectivity index (χ1) is 10.1. The first-order valence-corrected chi connectivity index (χ1v) is 9.12. The van der Waals surface area contributed by atoms with E-state index < -0.39 is 0 Å². The third-order valence-corrected chi connectivity index (χ3v) is 6.29. The minimum Gasteiger partial charge on any atom is -0.342 e. The van der Waals surface area contributed by atoms with Crippen molar-refractivity contribution in [2.75, 3.05) is 6.54 Å². The Bertz CT molecular complexity index is 540. The first-order valence-electron chi connectivity index (χ1n) is 7.45. The standard InChI is InChI=1S/C15H19BrN2O2S/c16-11-6-7-21-12(11)8-18-9-13(19)17-14(15(18)20)10-4-2-1-3-5-10/h6-7,10,14H,1-5,8-9H2,(H,17,19). The van der Waals surface area contributed by atoms with Crippen LogP contribution in [0.15, 0.2) is 15.9 Å². The summed E-state index contributed by atoms with van der Waals surface area (Å²) >= 11 is 5.10. The molecule has 1 atom stereocenters. The summed E-state index contributed by atoms with van der Waals surface area (Å²) in [5.41, 5.74) is 0.